The minimum Gasteiger partial charge on any atom is -0.326 e. The Morgan fingerprint density at radius 2 is 1.94 bits per heavy atom. The maximum absolute atomic E-state index is 11.8. The van der Waals surface area contributed by atoms with Gasteiger partial charge in [-0.25, -0.2) is 0 Å². The Balaban J connectivity index is 2.56. The van der Waals surface area contributed by atoms with Gasteiger partial charge in [-0.05, 0) is 24.2 Å². The molecular weight excluding hydrogens is 200 g/mol. The molecule has 0 aliphatic carbocycles. The maximum Gasteiger partial charge on any atom is 0.237 e. The third-order valence-electron chi connectivity index (χ3n) is 3.50. The first-order valence-corrected chi connectivity index (χ1v) is 6.44. The number of carbonyl (C=O) groups excluding carboxylic acids is 1. The Bertz CT molecular complexity index is 238. The summed E-state index contributed by atoms with van der Waals surface area (Å²) in [6.07, 6.45) is 1.31. The molecule has 2 unspecified atom stereocenters. The highest BCUT2D eigenvalue weighted by atomic mass is 16.2. The number of nitrogens with one attached hydrogen (secondary N) is 1. The van der Waals surface area contributed by atoms with Crippen LogP contribution < -0.4 is 5.32 Å². The molecular formula is C13H26N2O. The van der Waals surface area contributed by atoms with Crippen molar-refractivity contribution in [1.29, 1.82) is 0 Å². The number of hydrogen-bond donors (Lipinski definition) is 1. The molecule has 1 aliphatic rings. The van der Waals surface area contributed by atoms with E-state index in [0.29, 0.717) is 24.3 Å². The predicted molar refractivity (Wildman–Crippen MR) is 67.0 cm³/mol. The van der Waals surface area contributed by atoms with E-state index in [9.17, 15) is 4.79 Å². The monoisotopic (exact) mass is 226 g/mol. The van der Waals surface area contributed by atoms with Gasteiger partial charge in [0.1, 0.15) is 0 Å². The first kappa shape index (κ1) is 13.5. The fraction of sp³-hybridized carbons (Fsp3) is 0.923. The lowest BCUT2D eigenvalue weighted by molar-refractivity contribution is -0.128. The van der Waals surface area contributed by atoms with Crippen molar-refractivity contribution in [3.63, 3.8) is 0 Å². The maximum atomic E-state index is 11.8. The number of rotatable bonds is 5. The first-order chi connectivity index (χ1) is 7.41. The summed E-state index contributed by atoms with van der Waals surface area (Å²) in [5.41, 5.74) is 0. The smallest absolute Gasteiger partial charge is 0.237 e. The van der Waals surface area contributed by atoms with Crippen LogP contribution in [0.4, 0.5) is 0 Å². The van der Waals surface area contributed by atoms with E-state index in [1.807, 2.05) is 4.90 Å². The highest BCUT2D eigenvalue weighted by Gasteiger charge is 2.31. The van der Waals surface area contributed by atoms with E-state index < -0.39 is 0 Å². The third kappa shape index (κ3) is 3.48. The minimum absolute atomic E-state index is 0.258. The summed E-state index contributed by atoms with van der Waals surface area (Å²) in [5, 5.41) is 3.31. The molecule has 16 heavy (non-hydrogen) atoms. The lowest BCUT2D eigenvalue weighted by atomic mass is 9.97. The third-order valence-corrected chi connectivity index (χ3v) is 3.50. The topological polar surface area (TPSA) is 32.3 Å². The van der Waals surface area contributed by atoms with Crippen LogP contribution >= 0.6 is 0 Å². The molecule has 1 fully saturated rings. The fourth-order valence-corrected chi connectivity index (χ4v) is 2.00. The molecule has 1 amide bonds. The van der Waals surface area contributed by atoms with Gasteiger partial charge in [0.2, 0.25) is 5.91 Å². The van der Waals surface area contributed by atoms with E-state index in [0.717, 1.165) is 13.0 Å². The number of carbonyl (C=O) groups is 1. The van der Waals surface area contributed by atoms with Gasteiger partial charge in [0.05, 0.1) is 12.7 Å². The Morgan fingerprint density at radius 1 is 1.31 bits per heavy atom. The first-order valence-electron chi connectivity index (χ1n) is 6.44. The van der Waals surface area contributed by atoms with Crippen LogP contribution in [0.2, 0.25) is 0 Å². The molecule has 0 aromatic rings. The molecule has 1 aliphatic heterocycles. The van der Waals surface area contributed by atoms with Crippen LogP contribution in [0.5, 0.6) is 0 Å². The van der Waals surface area contributed by atoms with Crippen molar-refractivity contribution < 1.29 is 4.79 Å². The molecule has 0 spiro atoms. The van der Waals surface area contributed by atoms with Gasteiger partial charge < -0.3 is 4.90 Å². The van der Waals surface area contributed by atoms with Crippen molar-refractivity contribution >= 4 is 5.91 Å². The average Bonchev–Trinajstić information content (AvgIpc) is 2.48. The lowest BCUT2D eigenvalue weighted by Gasteiger charge is -2.29. The van der Waals surface area contributed by atoms with E-state index in [4.69, 9.17) is 0 Å². The Labute approximate surface area is 99.6 Å². The van der Waals surface area contributed by atoms with Crippen molar-refractivity contribution in [2.45, 2.75) is 47.2 Å². The van der Waals surface area contributed by atoms with Crippen LogP contribution in [0.3, 0.4) is 0 Å². The van der Waals surface area contributed by atoms with E-state index >= 15 is 0 Å². The summed E-state index contributed by atoms with van der Waals surface area (Å²) >= 11 is 0. The predicted octanol–water partition coefficient (Wildman–Crippen LogP) is 2.08. The molecule has 1 heterocycles. The van der Waals surface area contributed by atoms with Crippen molar-refractivity contribution in [3.8, 4) is 0 Å². The van der Waals surface area contributed by atoms with E-state index in [-0.39, 0.29) is 12.1 Å². The van der Waals surface area contributed by atoms with E-state index in [1.54, 1.807) is 0 Å². The van der Waals surface area contributed by atoms with Crippen molar-refractivity contribution in [1.82, 2.24) is 10.2 Å². The highest BCUT2D eigenvalue weighted by molar-refractivity contribution is 5.80. The van der Waals surface area contributed by atoms with Crippen LogP contribution in [-0.4, -0.2) is 30.1 Å². The molecule has 0 aromatic carbocycles. The van der Waals surface area contributed by atoms with Crippen LogP contribution in [0.1, 0.15) is 41.0 Å². The van der Waals surface area contributed by atoms with E-state index in [2.05, 4.69) is 39.9 Å². The lowest BCUT2D eigenvalue weighted by Crippen LogP contribution is -2.41. The van der Waals surface area contributed by atoms with Crippen molar-refractivity contribution in [3.05, 3.63) is 0 Å². The fourth-order valence-electron chi connectivity index (χ4n) is 2.00. The quantitative estimate of drug-likeness (QED) is 0.778. The number of amides is 1. The molecule has 0 bridgehead atoms. The van der Waals surface area contributed by atoms with Gasteiger partial charge in [0.15, 0.2) is 0 Å². The van der Waals surface area contributed by atoms with Gasteiger partial charge >= 0.3 is 0 Å². The van der Waals surface area contributed by atoms with Gasteiger partial charge in [-0.1, -0.05) is 34.6 Å². The van der Waals surface area contributed by atoms with Crippen LogP contribution in [0.15, 0.2) is 0 Å². The van der Waals surface area contributed by atoms with Crippen LogP contribution in [0.25, 0.3) is 0 Å². The largest absolute Gasteiger partial charge is 0.326 e. The van der Waals surface area contributed by atoms with Crippen LogP contribution in [-0.2, 0) is 4.79 Å². The molecule has 1 N–H and O–H groups in total. The molecule has 94 valence electrons. The standard InChI is InChI=1S/C13H26N2O/c1-9(2)6-12-14-7-13(16)15(12)8-11(5)10(3)4/h9-12,14H,6-8H2,1-5H3. The van der Waals surface area contributed by atoms with Gasteiger partial charge in [0.25, 0.3) is 0 Å². The van der Waals surface area contributed by atoms with Gasteiger partial charge in [0, 0.05) is 6.54 Å². The molecule has 0 radical (unpaired) electrons. The Morgan fingerprint density at radius 3 is 2.44 bits per heavy atom. The summed E-state index contributed by atoms with van der Waals surface area (Å²) < 4.78 is 0. The second-order valence-electron chi connectivity index (χ2n) is 5.79. The second kappa shape index (κ2) is 5.67. The van der Waals surface area contributed by atoms with Crippen molar-refractivity contribution in [2.75, 3.05) is 13.1 Å². The Hall–Kier alpha value is -0.570. The number of nitrogens with zero attached hydrogens (tertiary/aromatic N) is 1. The van der Waals surface area contributed by atoms with Gasteiger partial charge in [-0.2, -0.15) is 0 Å². The zero-order chi connectivity index (χ0) is 12.3. The average molecular weight is 226 g/mol. The summed E-state index contributed by atoms with van der Waals surface area (Å²) in [6, 6.07) is 0. The summed E-state index contributed by atoms with van der Waals surface area (Å²) in [5.74, 6) is 2.09. The molecule has 3 nitrogen and oxygen atoms in total. The zero-order valence-electron chi connectivity index (χ0n) is 11.3. The van der Waals surface area contributed by atoms with E-state index in [1.165, 1.54) is 0 Å². The highest BCUT2D eigenvalue weighted by Crippen LogP contribution is 2.18. The van der Waals surface area contributed by atoms with Crippen LogP contribution in [0, 0.1) is 17.8 Å². The molecule has 1 rings (SSSR count). The van der Waals surface area contributed by atoms with Gasteiger partial charge in [-0.3, -0.25) is 10.1 Å². The zero-order valence-corrected chi connectivity index (χ0v) is 11.3. The molecule has 1 saturated heterocycles. The van der Waals surface area contributed by atoms with Crippen molar-refractivity contribution in [2.24, 2.45) is 17.8 Å². The molecule has 0 saturated carbocycles. The summed E-state index contributed by atoms with van der Waals surface area (Å²) in [6.45, 7) is 12.5. The summed E-state index contributed by atoms with van der Waals surface area (Å²) in [4.78, 5) is 13.8. The Kier molecular flexibility index (Phi) is 4.78. The minimum atomic E-state index is 0.258. The number of hydrogen-bond acceptors (Lipinski definition) is 2. The normalized spacial score (nSPS) is 23.6. The molecule has 3 heteroatoms. The SMILES string of the molecule is CC(C)CC1NCC(=O)N1CC(C)C(C)C. The second-order valence-corrected chi connectivity index (χ2v) is 5.79. The molecule has 2 atom stereocenters. The van der Waals surface area contributed by atoms with Gasteiger partial charge in [-0.15, -0.1) is 0 Å². The summed E-state index contributed by atoms with van der Waals surface area (Å²) in [7, 11) is 0. The molecule has 0 aromatic heterocycles.